The molecule has 0 aliphatic carbocycles. The molecule has 1 saturated heterocycles. The summed E-state index contributed by atoms with van der Waals surface area (Å²) in [5.41, 5.74) is -0.703. The molecule has 17 heavy (non-hydrogen) atoms. The van der Waals surface area contributed by atoms with E-state index in [1.165, 1.54) is 6.26 Å². The van der Waals surface area contributed by atoms with E-state index in [9.17, 15) is 14.5 Å². The van der Waals surface area contributed by atoms with Crippen LogP contribution in [0.4, 0.5) is 4.79 Å². The van der Waals surface area contributed by atoms with Crippen molar-refractivity contribution in [3.8, 4) is 0 Å². The van der Waals surface area contributed by atoms with E-state index in [4.69, 9.17) is 0 Å². The van der Waals surface area contributed by atoms with Gasteiger partial charge in [0, 0.05) is 24.3 Å². The molecule has 100 valence electrons. The fourth-order valence-corrected chi connectivity index (χ4v) is 3.08. The first-order valence-corrected chi connectivity index (χ1v) is 7.43. The maximum Gasteiger partial charge on any atom is 0.429 e. The molecular weight excluding hydrogens is 238 g/mol. The quantitative estimate of drug-likeness (QED) is 0.785. The summed E-state index contributed by atoms with van der Waals surface area (Å²) in [4.78, 5) is 13.1. The second-order valence-corrected chi connectivity index (χ2v) is 7.56. The lowest BCUT2D eigenvalue weighted by atomic mass is 9.69. The van der Waals surface area contributed by atoms with Gasteiger partial charge in [-0.2, -0.15) is 0 Å². The Hall–Kier alpha value is -0.260. The van der Waals surface area contributed by atoms with Gasteiger partial charge in [0.1, 0.15) is 6.26 Å². The lowest BCUT2D eigenvalue weighted by Gasteiger charge is -2.48. The largest absolute Gasteiger partial charge is 0.608 e. The Morgan fingerprint density at radius 3 is 2.24 bits per heavy atom. The molecule has 1 atom stereocenters. The third-order valence-electron chi connectivity index (χ3n) is 3.38. The number of hydrogen-bond donors (Lipinski definition) is 1. The number of carbonyl (C=O) groups excluding carboxylic acids is 1. The van der Waals surface area contributed by atoms with Crippen molar-refractivity contribution in [2.75, 3.05) is 19.3 Å². The van der Waals surface area contributed by atoms with Gasteiger partial charge in [0.25, 0.3) is 0 Å². The fraction of sp³-hybridized carbons (Fsp3) is 0.917. The molecule has 0 radical (unpaired) electrons. The molecule has 1 heterocycles. The van der Waals surface area contributed by atoms with E-state index in [2.05, 4.69) is 13.8 Å². The van der Waals surface area contributed by atoms with E-state index in [1.54, 1.807) is 18.7 Å². The molecule has 1 N–H and O–H groups in total. The average molecular weight is 261 g/mol. The molecule has 0 saturated carbocycles. The van der Waals surface area contributed by atoms with Crippen LogP contribution in [0.2, 0.25) is 0 Å². The highest BCUT2D eigenvalue weighted by Crippen LogP contribution is 2.40. The van der Waals surface area contributed by atoms with Gasteiger partial charge in [0.05, 0.1) is 5.60 Å². The summed E-state index contributed by atoms with van der Waals surface area (Å²) < 4.78 is 11.0. The Morgan fingerprint density at radius 2 is 1.88 bits per heavy atom. The number of likely N-dealkylation sites (tertiary alicyclic amines) is 1. The van der Waals surface area contributed by atoms with E-state index >= 15 is 0 Å². The monoisotopic (exact) mass is 261 g/mol. The molecule has 0 aromatic heterocycles. The van der Waals surface area contributed by atoms with Crippen LogP contribution in [0.15, 0.2) is 0 Å². The molecule has 0 bridgehead atoms. The Morgan fingerprint density at radius 1 is 1.41 bits per heavy atom. The Bertz CT molecular complexity index is 291. The van der Waals surface area contributed by atoms with Crippen LogP contribution in [0.5, 0.6) is 0 Å². The van der Waals surface area contributed by atoms with Gasteiger partial charge in [-0.15, -0.1) is 0 Å². The molecule has 0 aromatic rings. The lowest BCUT2D eigenvalue weighted by Crippen LogP contribution is -2.57. The normalized spacial score (nSPS) is 20.1. The minimum absolute atomic E-state index is 0.00966. The molecule has 0 aromatic carbocycles. The van der Waals surface area contributed by atoms with Crippen molar-refractivity contribution in [3.63, 3.8) is 0 Å². The number of rotatable bonds is 3. The SMILES string of the molecule is C[S+]([O-])C(=O)N1CC(C(C)(C)CC(C)(C)O)C1. The minimum atomic E-state index is -1.41. The van der Waals surface area contributed by atoms with E-state index in [0.717, 1.165) is 0 Å². The summed E-state index contributed by atoms with van der Waals surface area (Å²) in [6.45, 7) is 9.14. The molecule has 4 nitrogen and oxygen atoms in total. The van der Waals surface area contributed by atoms with E-state index in [1.807, 2.05) is 0 Å². The predicted octanol–water partition coefficient (Wildman–Crippen LogP) is 1.60. The van der Waals surface area contributed by atoms with Gasteiger partial charge in [0.2, 0.25) is 0 Å². The number of aliphatic hydroxyl groups is 1. The van der Waals surface area contributed by atoms with Gasteiger partial charge in [0.15, 0.2) is 0 Å². The summed E-state index contributed by atoms with van der Waals surface area (Å²) >= 11 is -1.41. The lowest BCUT2D eigenvalue weighted by molar-refractivity contribution is -0.0238. The minimum Gasteiger partial charge on any atom is -0.608 e. The summed E-state index contributed by atoms with van der Waals surface area (Å²) in [5, 5.41) is 9.58. The summed E-state index contributed by atoms with van der Waals surface area (Å²) in [5.74, 6) is 0.376. The molecule has 1 rings (SSSR count). The van der Waals surface area contributed by atoms with E-state index in [-0.39, 0.29) is 10.7 Å². The summed E-state index contributed by atoms with van der Waals surface area (Å²) in [7, 11) is 0. The van der Waals surface area contributed by atoms with Crippen LogP contribution in [-0.4, -0.2) is 44.7 Å². The van der Waals surface area contributed by atoms with E-state index < -0.39 is 16.8 Å². The molecule has 1 unspecified atom stereocenters. The average Bonchev–Trinajstić information content (AvgIpc) is 1.94. The Labute approximate surface area is 107 Å². The second kappa shape index (κ2) is 4.78. The third-order valence-corrected chi connectivity index (χ3v) is 4.13. The third kappa shape index (κ3) is 3.86. The molecule has 5 heteroatoms. The van der Waals surface area contributed by atoms with Crippen LogP contribution < -0.4 is 0 Å². The van der Waals surface area contributed by atoms with Gasteiger partial charge in [-0.3, -0.25) is 4.90 Å². The fourth-order valence-electron chi connectivity index (χ4n) is 2.56. The number of hydrogen-bond acceptors (Lipinski definition) is 3. The van der Waals surface area contributed by atoms with Crippen molar-refractivity contribution in [1.29, 1.82) is 0 Å². The first-order chi connectivity index (χ1) is 7.53. The highest BCUT2D eigenvalue weighted by molar-refractivity contribution is 8.05. The smallest absolute Gasteiger partial charge is 0.429 e. The number of carbonyl (C=O) groups is 1. The summed E-state index contributed by atoms with van der Waals surface area (Å²) in [6.07, 6.45) is 2.11. The van der Waals surface area contributed by atoms with Crippen molar-refractivity contribution in [2.45, 2.75) is 39.7 Å². The molecular formula is C12H23NO3S. The van der Waals surface area contributed by atoms with Crippen molar-refractivity contribution in [1.82, 2.24) is 4.90 Å². The number of nitrogens with zero attached hydrogens (tertiary/aromatic N) is 1. The van der Waals surface area contributed by atoms with Gasteiger partial charge in [-0.25, -0.2) is 4.79 Å². The molecule has 1 aliphatic heterocycles. The first-order valence-electron chi connectivity index (χ1n) is 5.88. The molecule has 1 fully saturated rings. The van der Waals surface area contributed by atoms with Crippen LogP contribution in [0.25, 0.3) is 0 Å². The molecule has 0 spiro atoms. The van der Waals surface area contributed by atoms with Gasteiger partial charge in [-0.1, -0.05) is 13.8 Å². The van der Waals surface area contributed by atoms with Crippen LogP contribution in [0.1, 0.15) is 34.1 Å². The van der Waals surface area contributed by atoms with Gasteiger partial charge < -0.3 is 9.66 Å². The van der Waals surface area contributed by atoms with Crippen molar-refractivity contribution >= 4 is 16.4 Å². The van der Waals surface area contributed by atoms with Crippen molar-refractivity contribution < 1.29 is 14.5 Å². The molecule has 1 aliphatic rings. The Kier molecular flexibility index (Phi) is 4.16. The van der Waals surface area contributed by atoms with E-state index in [0.29, 0.717) is 25.4 Å². The molecule has 1 amide bonds. The van der Waals surface area contributed by atoms with Crippen LogP contribution in [0.3, 0.4) is 0 Å². The van der Waals surface area contributed by atoms with Crippen molar-refractivity contribution in [2.24, 2.45) is 11.3 Å². The zero-order chi connectivity index (χ0) is 13.4. The maximum atomic E-state index is 11.5. The second-order valence-electron chi connectivity index (χ2n) is 6.30. The van der Waals surface area contributed by atoms with Crippen LogP contribution in [0, 0.1) is 11.3 Å². The first kappa shape index (κ1) is 14.8. The van der Waals surface area contributed by atoms with Gasteiger partial charge in [-0.05, 0) is 31.6 Å². The van der Waals surface area contributed by atoms with Crippen molar-refractivity contribution in [3.05, 3.63) is 0 Å². The Balaban J connectivity index is 2.49. The van der Waals surface area contributed by atoms with Crippen LogP contribution in [-0.2, 0) is 11.2 Å². The highest BCUT2D eigenvalue weighted by Gasteiger charge is 2.44. The highest BCUT2D eigenvalue weighted by atomic mass is 32.2. The standard InChI is InChI=1S/C12H23NO3S/c1-11(2,8-12(3,4)15)9-6-13(7-9)10(14)17(5)16/h9,15H,6-8H2,1-5H3. The summed E-state index contributed by atoms with van der Waals surface area (Å²) in [6, 6.07) is 0. The predicted molar refractivity (Wildman–Crippen MR) is 69.2 cm³/mol. The maximum absolute atomic E-state index is 11.5. The van der Waals surface area contributed by atoms with Crippen LogP contribution >= 0.6 is 0 Å². The zero-order valence-electron chi connectivity index (χ0n) is 11.3. The zero-order valence-corrected chi connectivity index (χ0v) is 12.1. The number of amides is 1. The topological polar surface area (TPSA) is 63.6 Å². The van der Waals surface area contributed by atoms with Gasteiger partial charge >= 0.3 is 5.24 Å².